The summed E-state index contributed by atoms with van der Waals surface area (Å²) in [5.74, 6) is 1.68. The van der Waals surface area contributed by atoms with Gasteiger partial charge >= 0.3 is 0 Å². The number of hydrogen-bond acceptors (Lipinski definition) is 6. The average molecular weight is 289 g/mol. The number of aliphatic hydroxyl groups excluding tert-OH is 1. The third kappa shape index (κ3) is 2.11. The monoisotopic (exact) mass is 289 g/mol. The lowest BCUT2D eigenvalue weighted by atomic mass is 10.1. The first-order valence-electron chi connectivity index (χ1n) is 6.56. The highest BCUT2D eigenvalue weighted by atomic mass is 16.8. The van der Waals surface area contributed by atoms with Crippen LogP contribution in [0.1, 0.15) is 31.5 Å². The standard InChI is InChI=1S/C14H15N3O4/c1-4-9-8(5-15)16-7-17(9)13-12-11(10(6-18)19-13)20-14(2,3)21-12/h1,7,10-13,18H,6H2,2-3H3/t10-,11-,12-,13-/m1/s1. The second-order valence-corrected chi connectivity index (χ2v) is 5.42. The Bertz CT molecular complexity index is 640. The van der Waals surface area contributed by atoms with Crippen LogP contribution >= 0.6 is 0 Å². The van der Waals surface area contributed by atoms with Crippen LogP contribution in [0.3, 0.4) is 0 Å². The van der Waals surface area contributed by atoms with Crippen molar-refractivity contribution in [3.63, 3.8) is 0 Å². The number of ether oxygens (including phenoxy) is 3. The lowest BCUT2D eigenvalue weighted by Crippen LogP contribution is -2.31. The van der Waals surface area contributed by atoms with Crippen LogP contribution in [-0.4, -0.2) is 45.4 Å². The van der Waals surface area contributed by atoms with E-state index in [1.807, 2.05) is 6.07 Å². The summed E-state index contributed by atoms with van der Waals surface area (Å²) >= 11 is 0. The first-order valence-corrected chi connectivity index (χ1v) is 6.56. The van der Waals surface area contributed by atoms with Gasteiger partial charge in [0.2, 0.25) is 0 Å². The van der Waals surface area contributed by atoms with Crippen LogP contribution in [0.5, 0.6) is 0 Å². The summed E-state index contributed by atoms with van der Waals surface area (Å²) in [7, 11) is 0. The van der Waals surface area contributed by atoms with Crippen LogP contribution in [0, 0.1) is 23.7 Å². The molecule has 2 fully saturated rings. The highest BCUT2D eigenvalue weighted by Crippen LogP contribution is 2.43. The number of aliphatic hydroxyl groups is 1. The second-order valence-electron chi connectivity index (χ2n) is 5.42. The van der Waals surface area contributed by atoms with Crippen LogP contribution < -0.4 is 0 Å². The fourth-order valence-electron chi connectivity index (χ4n) is 2.81. The summed E-state index contributed by atoms with van der Waals surface area (Å²) in [6.45, 7) is 3.41. The Labute approximate surface area is 122 Å². The van der Waals surface area contributed by atoms with Crippen molar-refractivity contribution in [1.29, 1.82) is 5.26 Å². The SMILES string of the molecule is C#Cc1c(C#N)ncn1[C@@H]1O[C@H](CO)[C@H]2OC(C)(C)O[C@H]21. The van der Waals surface area contributed by atoms with E-state index in [0.717, 1.165) is 0 Å². The van der Waals surface area contributed by atoms with Crippen LogP contribution in [0.4, 0.5) is 0 Å². The summed E-state index contributed by atoms with van der Waals surface area (Å²) in [5.41, 5.74) is 0.483. The van der Waals surface area contributed by atoms with Crippen molar-refractivity contribution in [2.24, 2.45) is 0 Å². The van der Waals surface area contributed by atoms with Crippen molar-refractivity contribution in [2.45, 2.75) is 44.2 Å². The van der Waals surface area contributed by atoms with Crippen molar-refractivity contribution in [3.8, 4) is 18.4 Å². The lowest BCUT2D eigenvalue weighted by Gasteiger charge is -2.24. The summed E-state index contributed by atoms with van der Waals surface area (Å²) in [6.07, 6.45) is 4.98. The zero-order valence-electron chi connectivity index (χ0n) is 11.7. The Morgan fingerprint density at radius 3 is 2.81 bits per heavy atom. The molecule has 0 unspecified atom stereocenters. The average Bonchev–Trinajstić information content (AvgIpc) is 3.08. The van der Waals surface area contributed by atoms with Gasteiger partial charge in [-0.2, -0.15) is 5.26 Å². The number of rotatable bonds is 2. The van der Waals surface area contributed by atoms with Crippen molar-refractivity contribution in [3.05, 3.63) is 17.7 Å². The molecule has 110 valence electrons. The summed E-state index contributed by atoms with van der Waals surface area (Å²) in [5, 5.41) is 18.5. The van der Waals surface area contributed by atoms with Gasteiger partial charge < -0.3 is 19.3 Å². The van der Waals surface area contributed by atoms with Gasteiger partial charge in [0, 0.05) is 0 Å². The summed E-state index contributed by atoms with van der Waals surface area (Å²) < 4.78 is 19.0. The van der Waals surface area contributed by atoms with Crippen LogP contribution in [-0.2, 0) is 14.2 Å². The number of hydrogen-bond donors (Lipinski definition) is 1. The predicted octanol–water partition coefficient (Wildman–Crippen LogP) is 0.146. The molecule has 0 bridgehead atoms. The van der Waals surface area contributed by atoms with E-state index in [2.05, 4.69) is 10.9 Å². The first kappa shape index (κ1) is 14.1. The Kier molecular flexibility index (Phi) is 3.23. The molecule has 1 N–H and O–H groups in total. The Morgan fingerprint density at radius 1 is 1.48 bits per heavy atom. The van der Waals surface area contributed by atoms with E-state index in [9.17, 15) is 5.11 Å². The molecule has 0 aliphatic carbocycles. The smallest absolute Gasteiger partial charge is 0.174 e. The molecule has 2 aliphatic heterocycles. The summed E-state index contributed by atoms with van der Waals surface area (Å²) in [6, 6.07) is 1.94. The van der Waals surface area contributed by atoms with E-state index < -0.39 is 30.3 Å². The minimum atomic E-state index is -0.764. The zero-order valence-corrected chi connectivity index (χ0v) is 11.7. The van der Waals surface area contributed by atoms with E-state index in [4.69, 9.17) is 25.9 Å². The number of fused-ring (bicyclic) bond motifs is 1. The third-order valence-corrected chi connectivity index (χ3v) is 3.62. The Hall–Kier alpha value is -1.90. The maximum absolute atomic E-state index is 9.45. The molecule has 4 atom stereocenters. The van der Waals surface area contributed by atoms with Gasteiger partial charge in [-0.05, 0) is 19.8 Å². The van der Waals surface area contributed by atoms with Gasteiger partial charge in [-0.15, -0.1) is 6.42 Å². The molecule has 3 heterocycles. The number of aromatic nitrogens is 2. The molecule has 0 amide bonds. The van der Waals surface area contributed by atoms with Crippen molar-refractivity contribution in [1.82, 2.24) is 9.55 Å². The normalized spacial score (nSPS) is 33.4. The predicted molar refractivity (Wildman–Crippen MR) is 69.7 cm³/mol. The third-order valence-electron chi connectivity index (χ3n) is 3.62. The Morgan fingerprint density at radius 2 is 2.19 bits per heavy atom. The van der Waals surface area contributed by atoms with E-state index >= 15 is 0 Å². The van der Waals surface area contributed by atoms with Gasteiger partial charge in [-0.1, -0.05) is 0 Å². The lowest BCUT2D eigenvalue weighted by molar-refractivity contribution is -0.200. The number of imidazole rings is 1. The van der Waals surface area contributed by atoms with Gasteiger partial charge in [0.05, 0.1) is 12.9 Å². The van der Waals surface area contributed by atoms with Crippen molar-refractivity contribution >= 4 is 0 Å². The number of nitriles is 1. The topological polar surface area (TPSA) is 89.5 Å². The number of nitrogens with zero attached hydrogens (tertiary/aromatic N) is 3. The zero-order chi connectivity index (χ0) is 15.2. The Balaban J connectivity index is 1.99. The fraction of sp³-hybridized carbons (Fsp3) is 0.571. The number of terminal acetylenes is 1. The molecule has 0 spiro atoms. The molecule has 3 rings (SSSR count). The molecule has 0 radical (unpaired) electrons. The van der Waals surface area contributed by atoms with Gasteiger partial charge in [-0.3, -0.25) is 4.57 Å². The fourth-order valence-corrected chi connectivity index (χ4v) is 2.81. The molecule has 7 heteroatoms. The van der Waals surface area contributed by atoms with Gasteiger partial charge in [0.25, 0.3) is 0 Å². The molecule has 21 heavy (non-hydrogen) atoms. The van der Waals surface area contributed by atoms with Gasteiger partial charge in [0.1, 0.15) is 30.1 Å². The molecule has 2 saturated heterocycles. The van der Waals surface area contributed by atoms with E-state index in [1.165, 1.54) is 6.33 Å². The molecule has 1 aromatic rings. The highest BCUT2D eigenvalue weighted by molar-refractivity contribution is 5.38. The molecule has 7 nitrogen and oxygen atoms in total. The maximum Gasteiger partial charge on any atom is 0.174 e. The van der Waals surface area contributed by atoms with E-state index in [1.54, 1.807) is 18.4 Å². The quantitative estimate of drug-likeness (QED) is 0.779. The molecular formula is C14H15N3O4. The van der Waals surface area contributed by atoms with Crippen LogP contribution in [0.15, 0.2) is 6.33 Å². The molecule has 1 aromatic heterocycles. The largest absolute Gasteiger partial charge is 0.394 e. The van der Waals surface area contributed by atoms with Gasteiger partial charge in [0.15, 0.2) is 17.7 Å². The molecular weight excluding hydrogens is 274 g/mol. The van der Waals surface area contributed by atoms with Crippen molar-refractivity contribution in [2.75, 3.05) is 6.61 Å². The molecule has 2 aliphatic rings. The van der Waals surface area contributed by atoms with Crippen molar-refractivity contribution < 1.29 is 19.3 Å². The van der Waals surface area contributed by atoms with E-state index in [0.29, 0.717) is 5.69 Å². The van der Waals surface area contributed by atoms with Crippen LogP contribution in [0.25, 0.3) is 0 Å². The van der Waals surface area contributed by atoms with Gasteiger partial charge in [-0.25, -0.2) is 4.98 Å². The first-order chi connectivity index (χ1) is 10.0. The minimum Gasteiger partial charge on any atom is -0.394 e. The minimum absolute atomic E-state index is 0.156. The second kappa shape index (κ2) is 4.83. The summed E-state index contributed by atoms with van der Waals surface area (Å²) in [4.78, 5) is 3.97. The van der Waals surface area contributed by atoms with Crippen LogP contribution in [0.2, 0.25) is 0 Å². The molecule has 0 aromatic carbocycles. The molecule has 0 saturated carbocycles. The maximum atomic E-state index is 9.45. The highest BCUT2D eigenvalue weighted by Gasteiger charge is 2.56. The van der Waals surface area contributed by atoms with E-state index in [-0.39, 0.29) is 12.3 Å².